The van der Waals surface area contributed by atoms with E-state index in [2.05, 4.69) is 42.3 Å². The monoisotopic (exact) mass is 312 g/mol. The van der Waals surface area contributed by atoms with Gasteiger partial charge in [-0.2, -0.15) is 0 Å². The van der Waals surface area contributed by atoms with Crippen molar-refractivity contribution in [1.29, 1.82) is 0 Å². The summed E-state index contributed by atoms with van der Waals surface area (Å²) in [5.74, 6) is 1.39. The van der Waals surface area contributed by atoms with Crippen LogP contribution in [0.2, 0.25) is 0 Å². The van der Waals surface area contributed by atoms with Gasteiger partial charge >= 0.3 is 0 Å². The molecule has 1 aromatic carbocycles. The highest BCUT2D eigenvalue weighted by Gasteiger charge is 2.21. The molecule has 1 fully saturated rings. The Labute approximate surface area is 133 Å². The zero-order chi connectivity index (χ0) is 12.5. The number of hydrogen-bond donors (Lipinski definition) is 1. The van der Waals surface area contributed by atoms with Gasteiger partial charge in [-0.3, -0.25) is 4.98 Å². The zero-order valence-electron chi connectivity index (χ0n) is 11.9. The number of nitrogens with one attached hydrogen (secondary N) is 1. The number of benzene rings is 1. The van der Waals surface area contributed by atoms with E-state index in [1.54, 1.807) is 0 Å². The van der Waals surface area contributed by atoms with Crippen molar-refractivity contribution in [3.05, 3.63) is 41.6 Å². The Balaban J connectivity index is 0.000001000. The Morgan fingerprint density at radius 3 is 2.70 bits per heavy atom. The van der Waals surface area contributed by atoms with Crippen molar-refractivity contribution < 1.29 is 0 Å². The molecule has 2 aromatic rings. The lowest BCUT2D eigenvalue weighted by atomic mass is 9.84. The quantitative estimate of drug-likeness (QED) is 0.857. The minimum Gasteiger partial charge on any atom is -0.316 e. The van der Waals surface area contributed by atoms with E-state index in [9.17, 15) is 0 Å². The molecule has 20 heavy (non-hydrogen) atoms. The number of halogens is 2. The summed E-state index contributed by atoms with van der Waals surface area (Å²) in [5.41, 5.74) is 3.89. The first-order valence-electron chi connectivity index (χ1n) is 6.80. The van der Waals surface area contributed by atoms with E-state index < -0.39 is 0 Å². The average Bonchev–Trinajstić information content (AvgIpc) is 2.39. The summed E-state index contributed by atoms with van der Waals surface area (Å²) < 4.78 is 0. The summed E-state index contributed by atoms with van der Waals surface area (Å²) in [6.45, 7) is 6.71. The van der Waals surface area contributed by atoms with Crippen molar-refractivity contribution in [2.24, 2.45) is 5.92 Å². The normalized spacial score (nSPS) is 21.9. The molecular formula is C16H22Cl2N2. The Kier molecular flexibility index (Phi) is 6.25. The summed E-state index contributed by atoms with van der Waals surface area (Å²) in [6, 6.07) is 8.77. The second-order valence-electron chi connectivity index (χ2n) is 5.57. The summed E-state index contributed by atoms with van der Waals surface area (Å²) >= 11 is 0. The van der Waals surface area contributed by atoms with Crippen LogP contribution in [0, 0.1) is 12.8 Å². The van der Waals surface area contributed by atoms with Crippen LogP contribution in [0.1, 0.15) is 30.4 Å². The molecule has 110 valence electrons. The summed E-state index contributed by atoms with van der Waals surface area (Å²) in [5, 5.41) is 4.87. The van der Waals surface area contributed by atoms with Gasteiger partial charge in [0.1, 0.15) is 0 Å². The van der Waals surface area contributed by atoms with Crippen LogP contribution in [0.4, 0.5) is 0 Å². The standard InChI is InChI=1S/C16H20N2.2ClH/c1-11-8-13(10-17-9-11)14-6-5-12(2)16-15(14)4-3-7-18-16;;/h3-7,11,13,17H,8-10H2,1-2H3;2*1H/t11?,13-;;/m0../s1. The van der Waals surface area contributed by atoms with Gasteiger partial charge in [0.15, 0.2) is 0 Å². The maximum absolute atomic E-state index is 4.53. The lowest BCUT2D eigenvalue weighted by molar-refractivity contribution is 0.365. The molecule has 0 saturated carbocycles. The van der Waals surface area contributed by atoms with Gasteiger partial charge in [0.25, 0.3) is 0 Å². The van der Waals surface area contributed by atoms with Gasteiger partial charge in [0, 0.05) is 18.1 Å². The lowest BCUT2D eigenvalue weighted by Gasteiger charge is -2.29. The van der Waals surface area contributed by atoms with Crippen LogP contribution < -0.4 is 5.32 Å². The number of hydrogen-bond acceptors (Lipinski definition) is 2. The molecule has 0 bridgehead atoms. The average molecular weight is 313 g/mol. The van der Waals surface area contributed by atoms with Gasteiger partial charge in [-0.1, -0.05) is 25.1 Å². The molecule has 4 heteroatoms. The van der Waals surface area contributed by atoms with E-state index in [1.165, 1.54) is 22.9 Å². The molecule has 3 rings (SSSR count). The molecule has 0 spiro atoms. The first-order chi connectivity index (χ1) is 8.75. The summed E-state index contributed by atoms with van der Waals surface area (Å²) in [7, 11) is 0. The van der Waals surface area contributed by atoms with Crippen molar-refractivity contribution in [3.63, 3.8) is 0 Å². The highest BCUT2D eigenvalue weighted by atomic mass is 35.5. The molecule has 1 unspecified atom stereocenters. The molecule has 1 aliphatic rings. The largest absolute Gasteiger partial charge is 0.316 e. The van der Waals surface area contributed by atoms with Crippen molar-refractivity contribution in [2.75, 3.05) is 13.1 Å². The number of piperidine rings is 1. The van der Waals surface area contributed by atoms with Crippen LogP contribution >= 0.6 is 24.8 Å². The van der Waals surface area contributed by atoms with Gasteiger partial charge in [0.05, 0.1) is 5.52 Å². The van der Waals surface area contributed by atoms with Crippen molar-refractivity contribution in [1.82, 2.24) is 10.3 Å². The molecule has 0 radical (unpaired) electrons. The number of fused-ring (bicyclic) bond motifs is 1. The predicted octanol–water partition coefficient (Wildman–Crippen LogP) is 4.10. The van der Waals surface area contributed by atoms with Crippen molar-refractivity contribution in [3.8, 4) is 0 Å². The maximum Gasteiger partial charge on any atom is 0.0733 e. The van der Waals surface area contributed by atoms with E-state index >= 15 is 0 Å². The SMILES string of the molecule is Cc1ccc([C@@H]2CNCC(C)C2)c2cccnc12.Cl.Cl. The smallest absolute Gasteiger partial charge is 0.0733 e. The third kappa shape index (κ3) is 3.25. The maximum atomic E-state index is 4.53. The van der Waals surface area contributed by atoms with E-state index in [0.717, 1.165) is 24.5 Å². The van der Waals surface area contributed by atoms with E-state index in [-0.39, 0.29) is 24.8 Å². The molecule has 1 N–H and O–H groups in total. The van der Waals surface area contributed by atoms with Gasteiger partial charge in [0.2, 0.25) is 0 Å². The third-order valence-electron chi connectivity index (χ3n) is 4.02. The van der Waals surface area contributed by atoms with Crippen molar-refractivity contribution in [2.45, 2.75) is 26.2 Å². The number of rotatable bonds is 1. The predicted molar refractivity (Wildman–Crippen MR) is 90.4 cm³/mol. The molecule has 1 saturated heterocycles. The first kappa shape index (κ1) is 17.2. The molecular weight excluding hydrogens is 291 g/mol. The van der Waals surface area contributed by atoms with Gasteiger partial charge in [-0.15, -0.1) is 24.8 Å². The minimum atomic E-state index is 0. The lowest BCUT2D eigenvalue weighted by Crippen LogP contribution is -2.33. The number of pyridine rings is 1. The topological polar surface area (TPSA) is 24.9 Å². The van der Waals surface area contributed by atoms with E-state index in [0.29, 0.717) is 5.92 Å². The van der Waals surface area contributed by atoms with Gasteiger partial charge < -0.3 is 5.32 Å². The minimum absolute atomic E-state index is 0. The van der Waals surface area contributed by atoms with E-state index in [1.807, 2.05) is 12.3 Å². The van der Waals surface area contributed by atoms with Crippen LogP contribution in [0.3, 0.4) is 0 Å². The molecule has 1 aliphatic heterocycles. The third-order valence-corrected chi connectivity index (χ3v) is 4.02. The fraction of sp³-hybridized carbons (Fsp3) is 0.438. The molecule has 0 aliphatic carbocycles. The number of aromatic nitrogens is 1. The Morgan fingerprint density at radius 2 is 1.95 bits per heavy atom. The second-order valence-corrected chi connectivity index (χ2v) is 5.57. The van der Waals surface area contributed by atoms with E-state index in [4.69, 9.17) is 0 Å². The first-order valence-corrected chi connectivity index (χ1v) is 6.80. The molecule has 2 atom stereocenters. The fourth-order valence-corrected chi connectivity index (χ4v) is 3.09. The number of nitrogens with zero attached hydrogens (tertiary/aromatic N) is 1. The van der Waals surface area contributed by atoms with Crippen LogP contribution in [-0.2, 0) is 0 Å². The van der Waals surface area contributed by atoms with Crippen LogP contribution in [0.5, 0.6) is 0 Å². The molecule has 1 aromatic heterocycles. The Hall–Kier alpha value is -0.830. The summed E-state index contributed by atoms with van der Waals surface area (Å²) in [4.78, 5) is 4.53. The highest BCUT2D eigenvalue weighted by molar-refractivity contribution is 5.86. The molecule has 2 nitrogen and oxygen atoms in total. The van der Waals surface area contributed by atoms with Crippen LogP contribution in [0.15, 0.2) is 30.5 Å². The van der Waals surface area contributed by atoms with Crippen LogP contribution in [0.25, 0.3) is 10.9 Å². The highest BCUT2D eigenvalue weighted by Crippen LogP contribution is 2.32. The van der Waals surface area contributed by atoms with Crippen molar-refractivity contribution >= 4 is 35.7 Å². The second kappa shape index (κ2) is 7.26. The van der Waals surface area contributed by atoms with Gasteiger partial charge in [-0.25, -0.2) is 0 Å². The van der Waals surface area contributed by atoms with Gasteiger partial charge in [-0.05, 0) is 48.9 Å². The fourth-order valence-electron chi connectivity index (χ4n) is 3.09. The Morgan fingerprint density at radius 1 is 1.15 bits per heavy atom. The zero-order valence-corrected chi connectivity index (χ0v) is 13.6. The molecule has 0 amide bonds. The Bertz CT molecular complexity index is 571. The number of aryl methyl sites for hydroxylation is 1. The van der Waals surface area contributed by atoms with Crippen LogP contribution in [-0.4, -0.2) is 18.1 Å². The summed E-state index contributed by atoms with van der Waals surface area (Å²) in [6.07, 6.45) is 3.17. The molecule has 2 heterocycles.